The smallest absolute Gasteiger partial charge is 0.306 e. The molecule has 0 aromatic heterocycles. The van der Waals surface area contributed by atoms with Crippen molar-refractivity contribution in [2.24, 2.45) is 11.8 Å². The van der Waals surface area contributed by atoms with Gasteiger partial charge >= 0.3 is 5.97 Å². The van der Waals surface area contributed by atoms with Crippen LogP contribution in [-0.2, 0) is 19.1 Å². The van der Waals surface area contributed by atoms with Crippen LogP contribution in [0, 0.1) is 11.8 Å². The molecule has 164 valence electrons. The molecule has 1 aliphatic heterocycles. The van der Waals surface area contributed by atoms with E-state index in [0.717, 1.165) is 12.8 Å². The minimum absolute atomic E-state index is 0.0588. The van der Waals surface area contributed by atoms with E-state index in [1.54, 1.807) is 17.1 Å². The molecule has 7 heteroatoms. The molecular formula is C22H36N2O5. The number of nitrogens with one attached hydrogen (secondary N) is 1. The van der Waals surface area contributed by atoms with Crippen LogP contribution in [-0.4, -0.2) is 59.6 Å². The molecule has 0 aliphatic carbocycles. The van der Waals surface area contributed by atoms with Crippen molar-refractivity contribution in [3.8, 4) is 0 Å². The molecule has 1 fully saturated rings. The van der Waals surface area contributed by atoms with Crippen molar-refractivity contribution < 1.29 is 24.2 Å². The van der Waals surface area contributed by atoms with Gasteiger partial charge in [0.05, 0.1) is 24.6 Å². The van der Waals surface area contributed by atoms with Gasteiger partial charge in [-0.25, -0.2) is 0 Å². The maximum absolute atomic E-state index is 12.8. The van der Waals surface area contributed by atoms with E-state index < -0.39 is 5.92 Å². The van der Waals surface area contributed by atoms with Crippen LogP contribution in [0.4, 0.5) is 0 Å². The summed E-state index contributed by atoms with van der Waals surface area (Å²) in [4.78, 5) is 38.9. The quantitative estimate of drug-likeness (QED) is 0.360. The van der Waals surface area contributed by atoms with Crippen molar-refractivity contribution >= 4 is 17.8 Å². The van der Waals surface area contributed by atoms with E-state index in [9.17, 15) is 19.5 Å². The molecule has 0 aromatic carbocycles. The summed E-state index contributed by atoms with van der Waals surface area (Å²) in [5.74, 6) is -1.19. The van der Waals surface area contributed by atoms with E-state index in [-0.39, 0.29) is 61.8 Å². The predicted molar refractivity (Wildman–Crippen MR) is 112 cm³/mol. The summed E-state index contributed by atoms with van der Waals surface area (Å²) in [6.07, 6.45) is 6.18. The van der Waals surface area contributed by atoms with Gasteiger partial charge in [0, 0.05) is 19.4 Å². The van der Waals surface area contributed by atoms with Crippen molar-refractivity contribution in [2.75, 3.05) is 19.8 Å². The Kier molecular flexibility index (Phi) is 11.3. The van der Waals surface area contributed by atoms with Crippen LogP contribution in [0.15, 0.2) is 25.3 Å². The molecule has 0 aromatic rings. The summed E-state index contributed by atoms with van der Waals surface area (Å²) < 4.78 is 5.27. The van der Waals surface area contributed by atoms with Crippen molar-refractivity contribution in [1.82, 2.24) is 10.2 Å². The first kappa shape index (κ1) is 24.9. The highest BCUT2D eigenvalue weighted by Gasteiger charge is 2.32. The Hall–Kier alpha value is -2.15. The number of hydrogen-bond donors (Lipinski definition) is 2. The van der Waals surface area contributed by atoms with E-state index in [2.05, 4.69) is 18.5 Å². The Labute approximate surface area is 174 Å². The largest absolute Gasteiger partial charge is 0.463 e. The lowest BCUT2D eigenvalue weighted by Crippen LogP contribution is -2.46. The third-order valence-electron chi connectivity index (χ3n) is 5.26. The van der Waals surface area contributed by atoms with Crippen LogP contribution in [0.5, 0.6) is 0 Å². The Morgan fingerprint density at radius 3 is 2.59 bits per heavy atom. The standard InChI is InChI=1S/C22H36N2O5/c1-5-7-11-21(27)29-15-19(16(3)4)23-22(28)17(9-6-2)13-20(26)24-12-8-10-18(24)14-25/h5-6,16-19,25H,1-2,7-15H2,3-4H3,(H,23,28)/t17-,18+,19-/m1/s1. The number of ether oxygens (including phenoxy) is 1. The highest BCUT2D eigenvalue weighted by atomic mass is 16.5. The van der Waals surface area contributed by atoms with Gasteiger partial charge in [0.1, 0.15) is 6.61 Å². The summed E-state index contributed by atoms with van der Waals surface area (Å²) >= 11 is 0. The molecule has 7 nitrogen and oxygen atoms in total. The molecule has 0 saturated carbocycles. The van der Waals surface area contributed by atoms with Gasteiger partial charge in [0.25, 0.3) is 0 Å². The summed E-state index contributed by atoms with van der Waals surface area (Å²) in [6, 6.07) is -0.497. The molecule has 29 heavy (non-hydrogen) atoms. The first-order valence-electron chi connectivity index (χ1n) is 10.4. The number of carbonyl (C=O) groups excluding carboxylic acids is 3. The van der Waals surface area contributed by atoms with E-state index in [0.29, 0.717) is 19.4 Å². The second kappa shape index (κ2) is 13.1. The molecule has 1 heterocycles. The molecule has 1 saturated heterocycles. The number of allylic oxidation sites excluding steroid dienone is 2. The summed E-state index contributed by atoms with van der Waals surface area (Å²) in [5.41, 5.74) is 0. The summed E-state index contributed by atoms with van der Waals surface area (Å²) in [6.45, 7) is 11.8. The van der Waals surface area contributed by atoms with Gasteiger partial charge < -0.3 is 20.1 Å². The molecule has 0 spiro atoms. The summed E-state index contributed by atoms with van der Waals surface area (Å²) in [7, 11) is 0. The molecule has 2 N–H and O–H groups in total. The predicted octanol–water partition coefficient (Wildman–Crippen LogP) is 2.20. The van der Waals surface area contributed by atoms with Crippen LogP contribution >= 0.6 is 0 Å². The van der Waals surface area contributed by atoms with E-state index in [1.807, 2.05) is 13.8 Å². The molecule has 1 aliphatic rings. The molecule has 0 radical (unpaired) electrons. The number of aliphatic hydroxyl groups is 1. The number of rotatable bonds is 13. The number of hydrogen-bond acceptors (Lipinski definition) is 5. The van der Waals surface area contributed by atoms with Gasteiger partial charge in [-0.1, -0.05) is 26.0 Å². The minimum Gasteiger partial charge on any atom is -0.463 e. The molecule has 2 amide bonds. The Morgan fingerprint density at radius 2 is 2.00 bits per heavy atom. The molecule has 3 atom stereocenters. The first-order chi connectivity index (χ1) is 13.8. The maximum atomic E-state index is 12.8. The number of aliphatic hydroxyl groups excluding tert-OH is 1. The number of likely N-dealkylation sites (tertiary alicyclic amines) is 1. The maximum Gasteiger partial charge on any atom is 0.306 e. The number of amides is 2. The SMILES string of the molecule is C=CCCC(=O)OC[C@@H](NC(=O)[C@H](CC=C)CC(=O)N1CCC[C@H]1CO)C(C)C. The Morgan fingerprint density at radius 1 is 1.28 bits per heavy atom. The lowest BCUT2D eigenvalue weighted by molar-refractivity contribution is -0.145. The van der Waals surface area contributed by atoms with E-state index in [1.165, 1.54) is 0 Å². The van der Waals surface area contributed by atoms with Crippen molar-refractivity contribution in [3.05, 3.63) is 25.3 Å². The monoisotopic (exact) mass is 408 g/mol. The lowest BCUT2D eigenvalue weighted by Gasteiger charge is -2.27. The highest BCUT2D eigenvalue weighted by molar-refractivity contribution is 5.86. The zero-order valence-corrected chi connectivity index (χ0v) is 17.8. The van der Waals surface area contributed by atoms with Crippen molar-refractivity contribution in [3.63, 3.8) is 0 Å². The fraction of sp³-hybridized carbons (Fsp3) is 0.682. The molecule has 1 rings (SSSR count). The fourth-order valence-corrected chi connectivity index (χ4v) is 3.34. The molecular weight excluding hydrogens is 372 g/mol. The van der Waals surface area contributed by atoms with Gasteiger partial charge in [-0.3, -0.25) is 14.4 Å². The minimum atomic E-state index is -0.544. The normalized spacial score (nSPS) is 18.2. The average Bonchev–Trinajstić information content (AvgIpc) is 3.17. The third kappa shape index (κ3) is 8.40. The van der Waals surface area contributed by atoms with Crippen LogP contribution in [0.1, 0.15) is 52.4 Å². The Bertz CT molecular complexity index is 576. The Balaban J connectivity index is 2.67. The van der Waals surface area contributed by atoms with Gasteiger partial charge in [-0.2, -0.15) is 0 Å². The van der Waals surface area contributed by atoms with Gasteiger partial charge in [0.2, 0.25) is 11.8 Å². The van der Waals surface area contributed by atoms with Crippen LogP contribution in [0.3, 0.4) is 0 Å². The van der Waals surface area contributed by atoms with Crippen LogP contribution in [0.25, 0.3) is 0 Å². The second-order valence-electron chi connectivity index (χ2n) is 7.86. The zero-order chi connectivity index (χ0) is 21.8. The molecule has 0 bridgehead atoms. The number of carbonyl (C=O) groups is 3. The topological polar surface area (TPSA) is 95.9 Å². The first-order valence-corrected chi connectivity index (χ1v) is 10.4. The summed E-state index contributed by atoms with van der Waals surface area (Å²) in [5, 5.41) is 12.4. The average molecular weight is 409 g/mol. The van der Waals surface area contributed by atoms with Crippen LogP contribution < -0.4 is 5.32 Å². The number of nitrogens with zero attached hydrogens (tertiary/aromatic N) is 1. The second-order valence-corrected chi connectivity index (χ2v) is 7.86. The van der Waals surface area contributed by atoms with Crippen molar-refractivity contribution in [1.29, 1.82) is 0 Å². The van der Waals surface area contributed by atoms with E-state index in [4.69, 9.17) is 4.74 Å². The molecule has 0 unspecified atom stereocenters. The van der Waals surface area contributed by atoms with Crippen molar-refractivity contribution in [2.45, 2.75) is 64.5 Å². The van der Waals surface area contributed by atoms with Crippen LogP contribution in [0.2, 0.25) is 0 Å². The zero-order valence-electron chi connectivity index (χ0n) is 17.8. The van der Waals surface area contributed by atoms with Gasteiger partial charge in [0.15, 0.2) is 0 Å². The van der Waals surface area contributed by atoms with Gasteiger partial charge in [-0.15, -0.1) is 13.2 Å². The lowest BCUT2D eigenvalue weighted by atomic mass is 9.97. The fourth-order valence-electron chi connectivity index (χ4n) is 3.34. The van der Waals surface area contributed by atoms with E-state index >= 15 is 0 Å². The highest BCUT2D eigenvalue weighted by Crippen LogP contribution is 2.21. The third-order valence-corrected chi connectivity index (χ3v) is 5.26. The number of esters is 1. The van der Waals surface area contributed by atoms with Gasteiger partial charge in [-0.05, 0) is 31.6 Å².